The van der Waals surface area contributed by atoms with Crippen LogP contribution in [0.5, 0.6) is 0 Å². The van der Waals surface area contributed by atoms with Crippen LogP contribution < -0.4 is 5.32 Å². The van der Waals surface area contributed by atoms with Crippen LogP contribution in [0.4, 0.5) is 0 Å². The van der Waals surface area contributed by atoms with Gasteiger partial charge in [-0.15, -0.1) is 0 Å². The summed E-state index contributed by atoms with van der Waals surface area (Å²) in [4.78, 5) is 26.6. The maximum atomic E-state index is 12.6. The van der Waals surface area contributed by atoms with Crippen LogP contribution in [0, 0.1) is 0 Å². The number of hydrogen-bond acceptors (Lipinski definition) is 5. The number of aromatic nitrogens is 1. The molecule has 0 radical (unpaired) electrons. The first kappa shape index (κ1) is 17.1. The second-order valence-corrected chi connectivity index (χ2v) is 6.46. The molecule has 4 rings (SSSR count). The number of amides is 2. The SMILES string of the molecule is O=C(NC1CCN(C(=O)c2cc(-c3ccco3)on2)CC1)c1ccccc1. The number of rotatable bonds is 4. The standard InChI is InChI=1S/C20H19N3O4/c24-19(14-5-2-1-3-6-14)21-15-8-10-23(11-9-15)20(25)16-13-18(27-22-16)17-7-4-12-26-17/h1-7,12-13,15H,8-11H2,(H,21,24). The average Bonchev–Trinajstić information content (AvgIpc) is 3.40. The molecule has 1 aliphatic rings. The van der Waals surface area contributed by atoms with E-state index in [1.165, 1.54) is 6.26 Å². The molecule has 0 saturated carbocycles. The number of likely N-dealkylation sites (tertiary alicyclic amines) is 1. The van der Waals surface area contributed by atoms with Crippen LogP contribution in [0.15, 0.2) is 63.7 Å². The van der Waals surface area contributed by atoms with Crippen molar-refractivity contribution in [3.63, 3.8) is 0 Å². The van der Waals surface area contributed by atoms with Crippen molar-refractivity contribution in [1.29, 1.82) is 0 Å². The molecular weight excluding hydrogens is 346 g/mol. The van der Waals surface area contributed by atoms with Gasteiger partial charge in [0.15, 0.2) is 11.5 Å². The van der Waals surface area contributed by atoms with Crippen molar-refractivity contribution in [1.82, 2.24) is 15.4 Å². The van der Waals surface area contributed by atoms with Crippen LogP contribution in [0.2, 0.25) is 0 Å². The summed E-state index contributed by atoms with van der Waals surface area (Å²) in [5.74, 6) is 0.696. The first-order chi connectivity index (χ1) is 13.2. The van der Waals surface area contributed by atoms with E-state index >= 15 is 0 Å². The van der Waals surface area contributed by atoms with Gasteiger partial charge in [0.1, 0.15) is 0 Å². The summed E-state index contributed by atoms with van der Waals surface area (Å²) in [5.41, 5.74) is 0.900. The highest BCUT2D eigenvalue weighted by atomic mass is 16.5. The van der Waals surface area contributed by atoms with E-state index in [0.29, 0.717) is 43.0 Å². The molecule has 2 aromatic heterocycles. The Labute approximate surface area is 155 Å². The molecule has 1 aliphatic heterocycles. The summed E-state index contributed by atoms with van der Waals surface area (Å²) < 4.78 is 10.4. The van der Waals surface area contributed by atoms with E-state index in [1.54, 1.807) is 35.2 Å². The lowest BCUT2D eigenvalue weighted by Gasteiger charge is -2.31. The number of nitrogens with zero attached hydrogens (tertiary/aromatic N) is 2. The van der Waals surface area contributed by atoms with Crippen molar-refractivity contribution < 1.29 is 18.5 Å². The second kappa shape index (κ2) is 7.49. The Morgan fingerprint density at radius 2 is 1.81 bits per heavy atom. The van der Waals surface area contributed by atoms with Crippen LogP contribution in [0.1, 0.15) is 33.7 Å². The van der Waals surface area contributed by atoms with Gasteiger partial charge in [-0.2, -0.15) is 0 Å². The molecule has 3 aromatic rings. The molecule has 0 bridgehead atoms. The van der Waals surface area contributed by atoms with Gasteiger partial charge in [-0.1, -0.05) is 23.4 Å². The molecule has 1 saturated heterocycles. The fraction of sp³-hybridized carbons (Fsp3) is 0.250. The minimum absolute atomic E-state index is 0.0535. The van der Waals surface area contributed by atoms with Crippen molar-refractivity contribution in [3.05, 3.63) is 66.1 Å². The molecule has 1 fully saturated rings. The average molecular weight is 365 g/mol. The lowest BCUT2D eigenvalue weighted by atomic mass is 10.0. The summed E-state index contributed by atoms with van der Waals surface area (Å²) in [6.07, 6.45) is 2.94. The first-order valence-electron chi connectivity index (χ1n) is 8.86. The number of hydrogen-bond donors (Lipinski definition) is 1. The largest absolute Gasteiger partial charge is 0.461 e. The fourth-order valence-corrected chi connectivity index (χ4v) is 3.16. The molecule has 0 aliphatic carbocycles. The summed E-state index contributed by atoms with van der Waals surface area (Å²) in [7, 11) is 0. The summed E-state index contributed by atoms with van der Waals surface area (Å²) in [6.45, 7) is 1.11. The Kier molecular flexibility index (Phi) is 4.74. The topological polar surface area (TPSA) is 88.6 Å². The van der Waals surface area contributed by atoms with E-state index in [-0.39, 0.29) is 23.6 Å². The maximum absolute atomic E-state index is 12.6. The van der Waals surface area contributed by atoms with Gasteiger partial charge in [0.25, 0.3) is 11.8 Å². The Morgan fingerprint density at radius 3 is 2.52 bits per heavy atom. The minimum atomic E-state index is -0.176. The van der Waals surface area contributed by atoms with E-state index in [2.05, 4.69) is 10.5 Å². The molecule has 2 amide bonds. The van der Waals surface area contributed by atoms with Gasteiger partial charge in [-0.25, -0.2) is 0 Å². The Balaban J connectivity index is 1.32. The van der Waals surface area contributed by atoms with Gasteiger partial charge >= 0.3 is 0 Å². The number of carbonyl (C=O) groups excluding carboxylic acids is 2. The summed E-state index contributed by atoms with van der Waals surface area (Å²) in [6, 6.07) is 14.3. The van der Waals surface area contributed by atoms with Crippen molar-refractivity contribution >= 4 is 11.8 Å². The molecule has 0 atom stereocenters. The van der Waals surface area contributed by atoms with Crippen LogP contribution >= 0.6 is 0 Å². The number of nitrogens with one attached hydrogen (secondary N) is 1. The first-order valence-corrected chi connectivity index (χ1v) is 8.86. The highest BCUT2D eigenvalue weighted by Crippen LogP contribution is 2.22. The smallest absolute Gasteiger partial charge is 0.276 e. The molecule has 27 heavy (non-hydrogen) atoms. The van der Waals surface area contributed by atoms with Gasteiger partial charge in [-0.05, 0) is 37.1 Å². The highest BCUT2D eigenvalue weighted by Gasteiger charge is 2.27. The molecule has 0 unspecified atom stereocenters. The molecule has 138 valence electrons. The van der Waals surface area contributed by atoms with Gasteiger partial charge in [-0.3, -0.25) is 9.59 Å². The van der Waals surface area contributed by atoms with Gasteiger partial charge in [0.05, 0.1) is 6.26 Å². The number of carbonyl (C=O) groups is 2. The Morgan fingerprint density at radius 1 is 1.04 bits per heavy atom. The lowest BCUT2D eigenvalue weighted by Crippen LogP contribution is -2.46. The fourth-order valence-electron chi connectivity index (χ4n) is 3.16. The van der Waals surface area contributed by atoms with Crippen LogP contribution in [0.25, 0.3) is 11.5 Å². The molecule has 0 spiro atoms. The number of furan rings is 1. The predicted molar refractivity (Wildman–Crippen MR) is 97.0 cm³/mol. The summed E-state index contributed by atoms with van der Waals surface area (Å²) in [5, 5.41) is 6.89. The van der Waals surface area contributed by atoms with Crippen molar-refractivity contribution in [2.24, 2.45) is 0 Å². The number of piperidine rings is 1. The van der Waals surface area contributed by atoms with Crippen molar-refractivity contribution in [2.75, 3.05) is 13.1 Å². The molecular formula is C20H19N3O4. The van der Waals surface area contributed by atoms with E-state index < -0.39 is 0 Å². The third-order valence-electron chi connectivity index (χ3n) is 4.65. The molecule has 3 heterocycles. The zero-order valence-corrected chi connectivity index (χ0v) is 14.6. The highest BCUT2D eigenvalue weighted by molar-refractivity contribution is 5.94. The summed E-state index contributed by atoms with van der Waals surface area (Å²) >= 11 is 0. The normalized spacial score (nSPS) is 14.9. The third kappa shape index (κ3) is 3.76. The monoisotopic (exact) mass is 365 g/mol. The van der Waals surface area contributed by atoms with Gasteiger partial charge in [0, 0.05) is 30.8 Å². The Bertz CT molecular complexity index is 910. The quantitative estimate of drug-likeness (QED) is 0.768. The van der Waals surface area contributed by atoms with Gasteiger partial charge in [0.2, 0.25) is 5.76 Å². The van der Waals surface area contributed by atoms with Crippen LogP contribution in [0.3, 0.4) is 0 Å². The molecule has 1 aromatic carbocycles. The molecule has 7 nitrogen and oxygen atoms in total. The zero-order valence-electron chi connectivity index (χ0n) is 14.6. The van der Waals surface area contributed by atoms with Crippen LogP contribution in [-0.2, 0) is 0 Å². The maximum Gasteiger partial charge on any atom is 0.276 e. The molecule has 1 N–H and O–H groups in total. The Hall–Kier alpha value is -3.35. The lowest BCUT2D eigenvalue weighted by molar-refractivity contribution is 0.0688. The number of benzene rings is 1. The predicted octanol–water partition coefficient (Wildman–Crippen LogP) is 2.97. The van der Waals surface area contributed by atoms with E-state index in [1.807, 2.05) is 18.2 Å². The third-order valence-corrected chi connectivity index (χ3v) is 4.65. The van der Waals surface area contributed by atoms with Crippen LogP contribution in [-0.4, -0.2) is 41.0 Å². The van der Waals surface area contributed by atoms with Crippen molar-refractivity contribution in [3.8, 4) is 11.5 Å². The second-order valence-electron chi connectivity index (χ2n) is 6.46. The van der Waals surface area contributed by atoms with E-state index in [4.69, 9.17) is 8.94 Å². The van der Waals surface area contributed by atoms with E-state index in [0.717, 1.165) is 0 Å². The van der Waals surface area contributed by atoms with Crippen molar-refractivity contribution in [2.45, 2.75) is 18.9 Å². The minimum Gasteiger partial charge on any atom is -0.461 e. The van der Waals surface area contributed by atoms with E-state index in [9.17, 15) is 9.59 Å². The molecule has 7 heteroatoms. The van der Waals surface area contributed by atoms with Gasteiger partial charge < -0.3 is 19.2 Å². The zero-order chi connectivity index (χ0) is 18.6.